The van der Waals surface area contributed by atoms with Crippen LogP contribution in [0, 0.1) is 6.92 Å². The van der Waals surface area contributed by atoms with Crippen molar-refractivity contribution >= 4 is 17.3 Å². The molecule has 0 saturated carbocycles. The second-order valence-corrected chi connectivity index (χ2v) is 5.77. The van der Waals surface area contributed by atoms with Crippen LogP contribution < -0.4 is 10.2 Å². The third-order valence-electron chi connectivity index (χ3n) is 3.96. The van der Waals surface area contributed by atoms with E-state index in [-0.39, 0.29) is 5.91 Å². The highest BCUT2D eigenvalue weighted by atomic mass is 16.1. The molecule has 114 valence electrons. The molecule has 0 radical (unpaired) electrons. The standard InChI is InChI=1S/C18H21N3O/c1-14-4-5-15(13-19-14)12-18(22)20-16-6-8-17(9-7-16)21-10-2-3-11-21/h4-9,13H,2-3,10-12H2,1H3,(H,20,22). The summed E-state index contributed by atoms with van der Waals surface area (Å²) >= 11 is 0. The fourth-order valence-corrected chi connectivity index (χ4v) is 2.72. The van der Waals surface area contributed by atoms with Gasteiger partial charge in [0.25, 0.3) is 0 Å². The van der Waals surface area contributed by atoms with Crippen LogP contribution in [0.1, 0.15) is 24.1 Å². The van der Waals surface area contributed by atoms with Crippen molar-refractivity contribution in [3.8, 4) is 0 Å². The number of hydrogen-bond acceptors (Lipinski definition) is 3. The zero-order chi connectivity index (χ0) is 15.4. The van der Waals surface area contributed by atoms with Crippen LogP contribution >= 0.6 is 0 Å². The Morgan fingerprint density at radius 3 is 2.50 bits per heavy atom. The van der Waals surface area contributed by atoms with Gasteiger partial charge in [-0.3, -0.25) is 9.78 Å². The Morgan fingerprint density at radius 1 is 1.14 bits per heavy atom. The van der Waals surface area contributed by atoms with Gasteiger partial charge in [0, 0.05) is 36.4 Å². The minimum Gasteiger partial charge on any atom is -0.372 e. The van der Waals surface area contributed by atoms with E-state index < -0.39 is 0 Å². The summed E-state index contributed by atoms with van der Waals surface area (Å²) in [6, 6.07) is 12.0. The first-order chi connectivity index (χ1) is 10.7. The van der Waals surface area contributed by atoms with Crippen LogP contribution in [0.2, 0.25) is 0 Å². The molecule has 3 rings (SSSR count). The van der Waals surface area contributed by atoms with E-state index in [1.165, 1.54) is 18.5 Å². The molecule has 2 heterocycles. The van der Waals surface area contributed by atoms with Crippen molar-refractivity contribution in [2.45, 2.75) is 26.2 Å². The number of carbonyl (C=O) groups is 1. The molecule has 0 unspecified atom stereocenters. The predicted molar refractivity (Wildman–Crippen MR) is 89.2 cm³/mol. The number of aromatic nitrogens is 1. The van der Waals surface area contributed by atoms with E-state index in [1.54, 1.807) is 6.20 Å². The van der Waals surface area contributed by atoms with Gasteiger partial charge in [0.1, 0.15) is 0 Å². The first kappa shape index (κ1) is 14.6. The number of nitrogens with zero attached hydrogens (tertiary/aromatic N) is 2. The van der Waals surface area contributed by atoms with Gasteiger partial charge in [-0.05, 0) is 55.7 Å². The van der Waals surface area contributed by atoms with Crippen LogP contribution in [0.5, 0.6) is 0 Å². The van der Waals surface area contributed by atoms with Crippen LogP contribution in [-0.2, 0) is 11.2 Å². The molecule has 1 aliphatic heterocycles. The summed E-state index contributed by atoms with van der Waals surface area (Å²) in [6.45, 7) is 4.20. The molecule has 4 nitrogen and oxygen atoms in total. The van der Waals surface area contributed by atoms with Crippen molar-refractivity contribution in [3.05, 3.63) is 53.9 Å². The van der Waals surface area contributed by atoms with Crippen molar-refractivity contribution in [1.29, 1.82) is 0 Å². The zero-order valence-electron chi connectivity index (χ0n) is 12.9. The largest absolute Gasteiger partial charge is 0.372 e. The van der Waals surface area contributed by atoms with E-state index in [0.29, 0.717) is 6.42 Å². The van der Waals surface area contributed by atoms with Gasteiger partial charge in [0.05, 0.1) is 6.42 Å². The summed E-state index contributed by atoms with van der Waals surface area (Å²) in [7, 11) is 0. The molecule has 0 spiro atoms. The van der Waals surface area contributed by atoms with Gasteiger partial charge < -0.3 is 10.2 Å². The SMILES string of the molecule is Cc1ccc(CC(=O)Nc2ccc(N3CCCC3)cc2)cn1. The molecule has 2 aromatic rings. The predicted octanol–water partition coefficient (Wildman–Crippen LogP) is 3.17. The maximum Gasteiger partial charge on any atom is 0.228 e. The minimum atomic E-state index is -0.0143. The molecule has 4 heteroatoms. The Labute approximate surface area is 131 Å². The van der Waals surface area contributed by atoms with Crippen LogP contribution in [0.15, 0.2) is 42.6 Å². The molecule has 1 aromatic carbocycles. The molecule has 0 atom stereocenters. The number of anilines is 2. The van der Waals surface area contributed by atoms with Gasteiger partial charge >= 0.3 is 0 Å². The second-order valence-electron chi connectivity index (χ2n) is 5.77. The van der Waals surface area contributed by atoms with E-state index >= 15 is 0 Å². The Morgan fingerprint density at radius 2 is 1.86 bits per heavy atom. The number of hydrogen-bond donors (Lipinski definition) is 1. The number of rotatable bonds is 4. The second kappa shape index (κ2) is 6.60. The summed E-state index contributed by atoms with van der Waals surface area (Å²) in [4.78, 5) is 18.6. The first-order valence-corrected chi connectivity index (χ1v) is 7.77. The Kier molecular flexibility index (Phi) is 4.37. The van der Waals surface area contributed by atoms with Crippen molar-refractivity contribution in [2.24, 2.45) is 0 Å². The molecular formula is C18H21N3O. The fourth-order valence-electron chi connectivity index (χ4n) is 2.72. The molecule has 1 amide bonds. The lowest BCUT2D eigenvalue weighted by atomic mass is 10.2. The highest BCUT2D eigenvalue weighted by molar-refractivity contribution is 5.92. The maximum absolute atomic E-state index is 12.1. The summed E-state index contributed by atoms with van der Waals surface area (Å²) in [5, 5.41) is 2.94. The molecule has 1 aromatic heterocycles. The Balaban J connectivity index is 1.57. The van der Waals surface area contributed by atoms with Gasteiger partial charge in [-0.15, -0.1) is 0 Å². The third-order valence-corrected chi connectivity index (χ3v) is 3.96. The topological polar surface area (TPSA) is 45.2 Å². The molecule has 22 heavy (non-hydrogen) atoms. The molecule has 0 bridgehead atoms. The van der Waals surface area contributed by atoms with E-state index in [4.69, 9.17) is 0 Å². The number of amides is 1. The van der Waals surface area contributed by atoms with Crippen molar-refractivity contribution < 1.29 is 4.79 Å². The lowest BCUT2D eigenvalue weighted by Crippen LogP contribution is -2.18. The smallest absolute Gasteiger partial charge is 0.228 e. The lowest BCUT2D eigenvalue weighted by molar-refractivity contribution is -0.115. The Hall–Kier alpha value is -2.36. The van der Waals surface area contributed by atoms with Crippen molar-refractivity contribution in [2.75, 3.05) is 23.3 Å². The summed E-state index contributed by atoms with van der Waals surface area (Å²) in [5.74, 6) is -0.0143. The third kappa shape index (κ3) is 3.64. The first-order valence-electron chi connectivity index (χ1n) is 7.77. The number of carbonyl (C=O) groups excluding carboxylic acids is 1. The summed E-state index contributed by atoms with van der Waals surface area (Å²) in [5.41, 5.74) is 3.96. The number of pyridine rings is 1. The molecule has 1 aliphatic rings. The van der Waals surface area contributed by atoms with Crippen LogP contribution in [0.25, 0.3) is 0 Å². The zero-order valence-corrected chi connectivity index (χ0v) is 12.9. The van der Waals surface area contributed by atoms with Gasteiger partial charge in [-0.1, -0.05) is 6.07 Å². The fraction of sp³-hybridized carbons (Fsp3) is 0.333. The van der Waals surface area contributed by atoms with E-state index in [9.17, 15) is 4.79 Å². The average Bonchev–Trinajstić information content (AvgIpc) is 3.05. The van der Waals surface area contributed by atoms with Gasteiger partial charge in [-0.25, -0.2) is 0 Å². The van der Waals surface area contributed by atoms with Gasteiger partial charge in [0.2, 0.25) is 5.91 Å². The molecule has 1 fully saturated rings. The van der Waals surface area contributed by atoms with Crippen LogP contribution in [-0.4, -0.2) is 24.0 Å². The highest BCUT2D eigenvalue weighted by Gasteiger charge is 2.12. The monoisotopic (exact) mass is 295 g/mol. The highest BCUT2D eigenvalue weighted by Crippen LogP contribution is 2.22. The normalized spacial score (nSPS) is 14.1. The lowest BCUT2D eigenvalue weighted by Gasteiger charge is -2.17. The van der Waals surface area contributed by atoms with Gasteiger partial charge in [0.15, 0.2) is 0 Å². The van der Waals surface area contributed by atoms with Crippen LogP contribution in [0.3, 0.4) is 0 Å². The number of aryl methyl sites for hydroxylation is 1. The number of nitrogens with one attached hydrogen (secondary N) is 1. The average molecular weight is 295 g/mol. The van der Waals surface area contributed by atoms with E-state index in [1.807, 2.05) is 31.2 Å². The summed E-state index contributed by atoms with van der Waals surface area (Å²) < 4.78 is 0. The van der Waals surface area contributed by atoms with Crippen LogP contribution in [0.4, 0.5) is 11.4 Å². The van der Waals surface area contributed by atoms with Gasteiger partial charge in [-0.2, -0.15) is 0 Å². The molecule has 1 saturated heterocycles. The van der Waals surface area contributed by atoms with E-state index in [2.05, 4.69) is 27.3 Å². The quantitative estimate of drug-likeness (QED) is 0.942. The molecule has 1 N–H and O–H groups in total. The Bertz CT molecular complexity index is 628. The molecular weight excluding hydrogens is 274 g/mol. The van der Waals surface area contributed by atoms with Crippen molar-refractivity contribution in [1.82, 2.24) is 4.98 Å². The minimum absolute atomic E-state index is 0.0143. The summed E-state index contributed by atoms with van der Waals surface area (Å²) in [6.07, 6.45) is 4.64. The number of benzene rings is 1. The maximum atomic E-state index is 12.1. The molecule has 0 aliphatic carbocycles. The van der Waals surface area contributed by atoms with E-state index in [0.717, 1.165) is 30.0 Å². The van der Waals surface area contributed by atoms with Crippen molar-refractivity contribution in [3.63, 3.8) is 0 Å².